The average Bonchev–Trinajstić information content (AvgIpc) is 2.47. The molecule has 1 unspecified atom stereocenters. The van der Waals surface area contributed by atoms with Crippen molar-refractivity contribution in [3.05, 3.63) is 28.2 Å². The molecule has 2 nitrogen and oxygen atoms in total. The third-order valence-corrected chi connectivity index (χ3v) is 4.94. The van der Waals surface area contributed by atoms with E-state index in [9.17, 15) is 0 Å². The van der Waals surface area contributed by atoms with Crippen LogP contribution in [0.3, 0.4) is 0 Å². The van der Waals surface area contributed by atoms with E-state index in [1.165, 1.54) is 48.0 Å². The Morgan fingerprint density at radius 3 is 2.81 bits per heavy atom. The molecule has 1 saturated heterocycles. The number of halogens is 1. The number of piperidine rings is 1. The molecule has 3 heteroatoms. The van der Waals surface area contributed by atoms with Crippen LogP contribution in [0, 0.1) is 5.92 Å². The van der Waals surface area contributed by atoms with Gasteiger partial charge in [0.1, 0.15) is 0 Å². The minimum atomic E-state index is 0.700. The van der Waals surface area contributed by atoms with E-state index in [0.717, 1.165) is 13.1 Å². The molecule has 0 radical (unpaired) electrons. The molecule has 0 aromatic heterocycles. The molecule has 0 aliphatic carbocycles. The molecular weight excluding hydrogens is 324 g/mol. The quantitative estimate of drug-likeness (QED) is 0.777. The highest BCUT2D eigenvalue weighted by Gasteiger charge is 2.22. The second-order valence-electron chi connectivity index (χ2n) is 6.56. The maximum atomic E-state index is 3.79. The van der Waals surface area contributed by atoms with Crippen LogP contribution in [0.5, 0.6) is 0 Å². The SMILES string of the molecule is CCC1CCCCN1c1ccc(CNCC(C)C)cc1Br. The molecule has 0 amide bonds. The third-order valence-electron chi connectivity index (χ3n) is 4.30. The van der Waals surface area contributed by atoms with Crippen LogP contribution in [-0.4, -0.2) is 19.1 Å². The molecule has 0 spiro atoms. The summed E-state index contributed by atoms with van der Waals surface area (Å²) in [7, 11) is 0. The van der Waals surface area contributed by atoms with E-state index in [1.54, 1.807) is 0 Å². The number of hydrogen-bond donors (Lipinski definition) is 1. The maximum absolute atomic E-state index is 3.79. The van der Waals surface area contributed by atoms with Crippen molar-refractivity contribution in [2.45, 2.75) is 59.0 Å². The van der Waals surface area contributed by atoms with Gasteiger partial charge < -0.3 is 10.2 Å². The van der Waals surface area contributed by atoms with E-state index in [2.05, 4.69) is 65.1 Å². The number of nitrogens with zero attached hydrogens (tertiary/aromatic N) is 1. The van der Waals surface area contributed by atoms with Gasteiger partial charge in [-0.2, -0.15) is 0 Å². The van der Waals surface area contributed by atoms with Crippen LogP contribution in [0.1, 0.15) is 52.0 Å². The van der Waals surface area contributed by atoms with Gasteiger partial charge in [0, 0.05) is 23.6 Å². The maximum Gasteiger partial charge on any atom is 0.0513 e. The van der Waals surface area contributed by atoms with Gasteiger partial charge >= 0.3 is 0 Å². The minimum absolute atomic E-state index is 0.700. The number of nitrogens with one attached hydrogen (secondary N) is 1. The van der Waals surface area contributed by atoms with Crippen molar-refractivity contribution in [2.24, 2.45) is 5.92 Å². The molecule has 0 bridgehead atoms. The van der Waals surface area contributed by atoms with Gasteiger partial charge in [-0.1, -0.05) is 26.8 Å². The molecule has 1 aliphatic heterocycles. The van der Waals surface area contributed by atoms with Gasteiger partial charge in [0.15, 0.2) is 0 Å². The van der Waals surface area contributed by atoms with Crippen LogP contribution in [0.25, 0.3) is 0 Å². The van der Waals surface area contributed by atoms with Crippen LogP contribution in [0.2, 0.25) is 0 Å². The lowest BCUT2D eigenvalue weighted by molar-refractivity contribution is 0.449. The highest BCUT2D eigenvalue weighted by Crippen LogP contribution is 2.33. The summed E-state index contributed by atoms with van der Waals surface area (Å²) >= 11 is 3.79. The number of benzene rings is 1. The molecule has 1 aromatic carbocycles. The molecule has 2 rings (SSSR count). The molecule has 118 valence electrons. The molecule has 1 heterocycles. The second-order valence-corrected chi connectivity index (χ2v) is 7.42. The van der Waals surface area contributed by atoms with Crippen molar-refractivity contribution in [1.82, 2.24) is 5.32 Å². The average molecular weight is 353 g/mol. The summed E-state index contributed by atoms with van der Waals surface area (Å²) in [5.41, 5.74) is 2.73. The molecule has 1 aliphatic rings. The van der Waals surface area contributed by atoms with Crippen LogP contribution < -0.4 is 10.2 Å². The van der Waals surface area contributed by atoms with Gasteiger partial charge in [-0.15, -0.1) is 0 Å². The Morgan fingerprint density at radius 1 is 1.33 bits per heavy atom. The first-order valence-corrected chi connectivity index (χ1v) is 9.17. The topological polar surface area (TPSA) is 15.3 Å². The second kappa shape index (κ2) is 8.19. The monoisotopic (exact) mass is 352 g/mol. The Kier molecular flexibility index (Phi) is 6.56. The highest BCUT2D eigenvalue weighted by molar-refractivity contribution is 9.10. The molecular formula is C18H29BrN2. The summed E-state index contributed by atoms with van der Waals surface area (Å²) in [6.45, 7) is 10.0. The number of hydrogen-bond acceptors (Lipinski definition) is 2. The van der Waals surface area contributed by atoms with E-state index >= 15 is 0 Å². The van der Waals surface area contributed by atoms with Crippen molar-refractivity contribution in [3.8, 4) is 0 Å². The number of anilines is 1. The molecule has 1 N–H and O–H groups in total. The summed E-state index contributed by atoms with van der Waals surface area (Å²) in [5, 5.41) is 3.51. The fourth-order valence-corrected chi connectivity index (χ4v) is 3.79. The molecule has 1 fully saturated rings. The van der Waals surface area contributed by atoms with Crippen molar-refractivity contribution in [3.63, 3.8) is 0 Å². The largest absolute Gasteiger partial charge is 0.368 e. The number of rotatable bonds is 6. The fourth-order valence-electron chi connectivity index (χ4n) is 3.14. The third kappa shape index (κ3) is 4.72. The van der Waals surface area contributed by atoms with Gasteiger partial charge in [-0.05, 0) is 71.8 Å². The molecule has 1 aromatic rings. The van der Waals surface area contributed by atoms with Gasteiger partial charge in [0.25, 0.3) is 0 Å². The van der Waals surface area contributed by atoms with Crippen LogP contribution in [0.15, 0.2) is 22.7 Å². The summed E-state index contributed by atoms with van der Waals surface area (Å²) in [6.07, 6.45) is 5.27. The van der Waals surface area contributed by atoms with Crippen molar-refractivity contribution < 1.29 is 0 Å². The van der Waals surface area contributed by atoms with Crippen molar-refractivity contribution in [2.75, 3.05) is 18.0 Å². The first kappa shape index (κ1) is 16.8. The lowest BCUT2D eigenvalue weighted by Crippen LogP contribution is -2.39. The van der Waals surface area contributed by atoms with Crippen molar-refractivity contribution >= 4 is 21.6 Å². The Morgan fingerprint density at radius 2 is 2.14 bits per heavy atom. The molecule has 0 saturated carbocycles. The zero-order valence-electron chi connectivity index (χ0n) is 13.7. The zero-order chi connectivity index (χ0) is 15.2. The summed E-state index contributed by atoms with van der Waals surface area (Å²) in [6, 6.07) is 7.56. The van der Waals surface area contributed by atoms with Crippen LogP contribution in [-0.2, 0) is 6.54 Å². The van der Waals surface area contributed by atoms with E-state index in [4.69, 9.17) is 0 Å². The van der Waals surface area contributed by atoms with E-state index in [0.29, 0.717) is 12.0 Å². The minimum Gasteiger partial charge on any atom is -0.368 e. The lowest BCUT2D eigenvalue weighted by Gasteiger charge is -2.37. The van der Waals surface area contributed by atoms with Gasteiger partial charge in [-0.25, -0.2) is 0 Å². The van der Waals surface area contributed by atoms with Crippen molar-refractivity contribution in [1.29, 1.82) is 0 Å². The smallest absolute Gasteiger partial charge is 0.0513 e. The predicted molar refractivity (Wildman–Crippen MR) is 96.0 cm³/mol. The van der Waals surface area contributed by atoms with E-state index in [1.807, 2.05) is 0 Å². The first-order chi connectivity index (χ1) is 10.1. The molecule has 1 atom stereocenters. The van der Waals surface area contributed by atoms with Gasteiger partial charge in [0.2, 0.25) is 0 Å². The Balaban J connectivity index is 2.04. The predicted octanol–water partition coefficient (Wildman–Crippen LogP) is 4.96. The Hall–Kier alpha value is -0.540. The van der Waals surface area contributed by atoms with E-state index < -0.39 is 0 Å². The normalized spacial score (nSPS) is 19.3. The fraction of sp³-hybridized carbons (Fsp3) is 0.667. The van der Waals surface area contributed by atoms with Gasteiger partial charge in [-0.3, -0.25) is 0 Å². The summed E-state index contributed by atoms with van der Waals surface area (Å²) < 4.78 is 1.24. The highest BCUT2D eigenvalue weighted by atomic mass is 79.9. The van der Waals surface area contributed by atoms with Gasteiger partial charge in [0.05, 0.1) is 5.69 Å². The summed E-state index contributed by atoms with van der Waals surface area (Å²) in [4.78, 5) is 2.60. The lowest BCUT2D eigenvalue weighted by atomic mass is 9.99. The Labute approximate surface area is 138 Å². The Bertz CT molecular complexity index is 445. The standard InChI is InChI=1S/C18H29BrN2/c1-4-16-7-5-6-10-21(16)18-9-8-15(11-17(18)19)13-20-12-14(2)3/h8-9,11,14,16,20H,4-7,10,12-13H2,1-3H3. The van der Waals surface area contributed by atoms with Crippen LogP contribution in [0.4, 0.5) is 5.69 Å². The first-order valence-electron chi connectivity index (χ1n) is 8.37. The zero-order valence-corrected chi connectivity index (χ0v) is 15.2. The molecule has 21 heavy (non-hydrogen) atoms. The van der Waals surface area contributed by atoms with E-state index in [-0.39, 0.29) is 0 Å². The van der Waals surface area contributed by atoms with Crippen LogP contribution >= 0.6 is 15.9 Å². The summed E-state index contributed by atoms with van der Waals surface area (Å²) in [5.74, 6) is 0.700.